The van der Waals surface area contributed by atoms with Crippen LogP contribution in [0.25, 0.3) is 11.1 Å². The molecule has 0 spiro atoms. The quantitative estimate of drug-likeness (QED) is 0.826. The van der Waals surface area contributed by atoms with E-state index >= 15 is 0 Å². The highest BCUT2D eigenvalue weighted by Gasteiger charge is 2.32. The molecule has 1 aromatic carbocycles. The Labute approximate surface area is 149 Å². The van der Waals surface area contributed by atoms with E-state index in [1.807, 2.05) is 18.2 Å². The van der Waals surface area contributed by atoms with Gasteiger partial charge in [0.1, 0.15) is 12.4 Å². The van der Waals surface area contributed by atoms with E-state index in [4.69, 9.17) is 15.0 Å². The molecule has 0 aliphatic carbocycles. The van der Waals surface area contributed by atoms with Crippen LogP contribution >= 0.6 is 0 Å². The average molecular weight is 335 g/mol. The smallest absolute Gasteiger partial charge is 0.135 e. The van der Waals surface area contributed by atoms with Gasteiger partial charge in [0.05, 0.1) is 24.0 Å². The lowest BCUT2D eigenvalue weighted by Gasteiger charge is -2.35. The summed E-state index contributed by atoms with van der Waals surface area (Å²) in [5, 5.41) is 12.2. The van der Waals surface area contributed by atoms with Gasteiger partial charge in [0.25, 0.3) is 0 Å². The minimum atomic E-state index is -0.210. The SMILES string of the molecule is CC(C)c1nc(NCC#N)c(-c2ccccc2)c2c1COC(C)(C)C2. The average Bonchev–Trinajstić information content (AvgIpc) is 2.58. The highest BCUT2D eigenvalue weighted by atomic mass is 16.5. The van der Waals surface area contributed by atoms with E-state index in [1.165, 1.54) is 11.1 Å². The maximum Gasteiger partial charge on any atom is 0.135 e. The molecule has 0 fully saturated rings. The molecule has 0 radical (unpaired) electrons. The van der Waals surface area contributed by atoms with Crippen molar-refractivity contribution < 1.29 is 4.74 Å². The Morgan fingerprint density at radius 1 is 1.24 bits per heavy atom. The summed E-state index contributed by atoms with van der Waals surface area (Å²) in [6.07, 6.45) is 0.829. The van der Waals surface area contributed by atoms with E-state index in [1.54, 1.807) is 0 Å². The third-order valence-corrected chi connectivity index (χ3v) is 4.60. The number of rotatable bonds is 4. The molecule has 1 aliphatic rings. The standard InChI is InChI=1S/C21H25N3O/c1-14(2)19-17-13-25-21(3,4)12-16(17)18(15-8-6-5-7-9-15)20(24-19)23-11-10-22/h5-9,14H,11-13H2,1-4H3,(H,23,24). The molecule has 130 valence electrons. The minimum absolute atomic E-state index is 0.210. The van der Waals surface area contributed by atoms with Gasteiger partial charge >= 0.3 is 0 Å². The minimum Gasteiger partial charge on any atom is -0.370 e. The normalized spacial score (nSPS) is 15.5. The summed E-state index contributed by atoms with van der Waals surface area (Å²) >= 11 is 0. The fourth-order valence-electron chi connectivity index (χ4n) is 3.44. The molecule has 0 atom stereocenters. The molecule has 2 heterocycles. The van der Waals surface area contributed by atoms with E-state index in [0.717, 1.165) is 29.1 Å². The fraction of sp³-hybridized carbons (Fsp3) is 0.429. The summed E-state index contributed by atoms with van der Waals surface area (Å²) in [5.41, 5.74) is 5.58. The summed E-state index contributed by atoms with van der Waals surface area (Å²) in [7, 11) is 0. The van der Waals surface area contributed by atoms with Crippen LogP contribution in [0.15, 0.2) is 30.3 Å². The predicted octanol–water partition coefficient (Wildman–Crippen LogP) is 4.66. The number of anilines is 1. The van der Waals surface area contributed by atoms with Crippen molar-refractivity contribution in [2.45, 2.75) is 52.2 Å². The van der Waals surface area contributed by atoms with Crippen LogP contribution in [-0.2, 0) is 17.8 Å². The van der Waals surface area contributed by atoms with Crippen LogP contribution in [0.2, 0.25) is 0 Å². The Morgan fingerprint density at radius 2 is 1.96 bits per heavy atom. The molecule has 3 rings (SSSR count). The number of fused-ring (bicyclic) bond motifs is 1. The maximum atomic E-state index is 9.03. The molecule has 0 saturated carbocycles. The van der Waals surface area contributed by atoms with Crippen molar-refractivity contribution in [3.05, 3.63) is 47.2 Å². The zero-order valence-electron chi connectivity index (χ0n) is 15.4. The number of benzene rings is 1. The summed E-state index contributed by atoms with van der Waals surface area (Å²) in [6.45, 7) is 9.38. The number of aromatic nitrogens is 1. The molecule has 25 heavy (non-hydrogen) atoms. The summed E-state index contributed by atoms with van der Waals surface area (Å²) in [6, 6.07) is 12.5. The van der Waals surface area contributed by atoms with Gasteiger partial charge < -0.3 is 10.1 Å². The van der Waals surface area contributed by atoms with Crippen LogP contribution in [0.4, 0.5) is 5.82 Å². The second kappa shape index (κ2) is 6.85. The first-order valence-electron chi connectivity index (χ1n) is 8.79. The van der Waals surface area contributed by atoms with Gasteiger partial charge in [-0.15, -0.1) is 0 Å². The van der Waals surface area contributed by atoms with Crippen molar-refractivity contribution in [1.29, 1.82) is 5.26 Å². The van der Waals surface area contributed by atoms with Gasteiger partial charge in [0.2, 0.25) is 0 Å². The van der Waals surface area contributed by atoms with Crippen molar-refractivity contribution in [3.63, 3.8) is 0 Å². The van der Waals surface area contributed by atoms with Gasteiger partial charge in [-0.1, -0.05) is 44.2 Å². The number of nitrogens with one attached hydrogen (secondary N) is 1. The Hall–Kier alpha value is -2.38. The molecule has 0 bridgehead atoms. The molecule has 4 heteroatoms. The van der Waals surface area contributed by atoms with Gasteiger partial charge in [-0.25, -0.2) is 4.98 Å². The zero-order chi connectivity index (χ0) is 18.0. The largest absolute Gasteiger partial charge is 0.370 e. The summed E-state index contributed by atoms with van der Waals surface area (Å²) < 4.78 is 6.08. The van der Waals surface area contributed by atoms with Crippen LogP contribution in [0.3, 0.4) is 0 Å². The topological polar surface area (TPSA) is 57.9 Å². The fourth-order valence-corrected chi connectivity index (χ4v) is 3.44. The van der Waals surface area contributed by atoms with Gasteiger partial charge in [0, 0.05) is 17.5 Å². The van der Waals surface area contributed by atoms with E-state index in [2.05, 4.69) is 51.2 Å². The first kappa shape index (κ1) is 17.4. The second-order valence-corrected chi connectivity index (χ2v) is 7.44. The molecule has 1 N–H and O–H groups in total. The van der Waals surface area contributed by atoms with Gasteiger partial charge in [-0.2, -0.15) is 5.26 Å². The molecule has 0 saturated heterocycles. The first-order chi connectivity index (χ1) is 11.9. The van der Waals surface area contributed by atoms with Crippen LogP contribution < -0.4 is 5.32 Å². The van der Waals surface area contributed by atoms with Crippen LogP contribution in [0.5, 0.6) is 0 Å². The number of hydrogen-bond acceptors (Lipinski definition) is 4. The lowest BCUT2D eigenvalue weighted by molar-refractivity contribution is -0.0405. The number of nitriles is 1. The van der Waals surface area contributed by atoms with Crippen molar-refractivity contribution in [2.75, 3.05) is 11.9 Å². The van der Waals surface area contributed by atoms with Crippen molar-refractivity contribution in [2.24, 2.45) is 0 Å². The number of pyridine rings is 1. The molecule has 0 amide bonds. The third-order valence-electron chi connectivity index (χ3n) is 4.60. The van der Waals surface area contributed by atoms with Crippen LogP contribution in [-0.4, -0.2) is 17.1 Å². The van der Waals surface area contributed by atoms with Gasteiger partial charge in [-0.05, 0) is 30.9 Å². The number of hydrogen-bond donors (Lipinski definition) is 1. The summed E-state index contributed by atoms with van der Waals surface area (Å²) in [5.74, 6) is 1.10. The molecule has 4 nitrogen and oxygen atoms in total. The van der Waals surface area contributed by atoms with Crippen molar-refractivity contribution >= 4 is 5.82 Å². The first-order valence-corrected chi connectivity index (χ1v) is 8.79. The third kappa shape index (κ3) is 3.52. The number of nitrogens with zero attached hydrogens (tertiary/aromatic N) is 2. The molecule has 1 aromatic heterocycles. The Bertz CT molecular complexity index is 804. The predicted molar refractivity (Wildman–Crippen MR) is 100 cm³/mol. The van der Waals surface area contributed by atoms with E-state index in [-0.39, 0.29) is 12.1 Å². The van der Waals surface area contributed by atoms with E-state index < -0.39 is 0 Å². The second-order valence-electron chi connectivity index (χ2n) is 7.44. The number of ether oxygens (including phenoxy) is 1. The highest BCUT2D eigenvalue weighted by molar-refractivity contribution is 5.80. The van der Waals surface area contributed by atoms with Crippen LogP contribution in [0.1, 0.15) is 50.4 Å². The lowest BCUT2D eigenvalue weighted by Crippen LogP contribution is -2.33. The highest BCUT2D eigenvalue weighted by Crippen LogP contribution is 2.41. The van der Waals surface area contributed by atoms with E-state index in [9.17, 15) is 0 Å². The van der Waals surface area contributed by atoms with Crippen LogP contribution in [0, 0.1) is 11.3 Å². The molecule has 2 aromatic rings. The summed E-state index contributed by atoms with van der Waals surface area (Å²) in [4.78, 5) is 4.90. The molecular weight excluding hydrogens is 310 g/mol. The Balaban J connectivity index is 2.28. The van der Waals surface area contributed by atoms with Gasteiger partial charge in [-0.3, -0.25) is 0 Å². The van der Waals surface area contributed by atoms with Crippen molar-refractivity contribution in [1.82, 2.24) is 4.98 Å². The monoisotopic (exact) mass is 335 g/mol. The molecular formula is C21H25N3O. The van der Waals surface area contributed by atoms with E-state index in [0.29, 0.717) is 12.5 Å². The zero-order valence-corrected chi connectivity index (χ0v) is 15.4. The molecule has 0 unspecified atom stereocenters. The molecule has 1 aliphatic heterocycles. The van der Waals surface area contributed by atoms with Crippen molar-refractivity contribution in [3.8, 4) is 17.2 Å². The Kier molecular flexibility index (Phi) is 4.78. The van der Waals surface area contributed by atoms with Gasteiger partial charge in [0.15, 0.2) is 0 Å². The lowest BCUT2D eigenvalue weighted by atomic mass is 9.84. The Morgan fingerprint density at radius 3 is 2.60 bits per heavy atom. The maximum absolute atomic E-state index is 9.03.